The largest absolute Gasteiger partial charge is 0.379 e. The van der Waals surface area contributed by atoms with Crippen LogP contribution >= 0.6 is 0 Å². The average Bonchev–Trinajstić information content (AvgIpc) is 2.41. The smallest absolute Gasteiger partial charge is 0.0620 e. The molecule has 1 saturated heterocycles. The summed E-state index contributed by atoms with van der Waals surface area (Å²) < 4.78 is 5.49. The van der Waals surface area contributed by atoms with Gasteiger partial charge < -0.3 is 10.1 Å². The van der Waals surface area contributed by atoms with E-state index in [4.69, 9.17) is 4.74 Å². The van der Waals surface area contributed by atoms with Crippen LogP contribution in [0, 0.1) is 0 Å². The molecule has 0 radical (unpaired) electrons. The molecule has 2 rings (SSSR count). The van der Waals surface area contributed by atoms with Gasteiger partial charge in [-0.05, 0) is 38.1 Å². The first-order valence-corrected chi connectivity index (χ1v) is 6.66. The monoisotopic (exact) mass is 249 g/mol. The molecule has 4 nitrogen and oxygen atoms in total. The molecule has 2 unspecified atom stereocenters. The summed E-state index contributed by atoms with van der Waals surface area (Å²) in [5, 5.41) is 3.51. The molecule has 1 aliphatic rings. The lowest BCUT2D eigenvalue weighted by Gasteiger charge is -2.31. The summed E-state index contributed by atoms with van der Waals surface area (Å²) in [5.74, 6) is 0. The zero-order chi connectivity index (χ0) is 12.8. The fraction of sp³-hybridized carbons (Fsp3) is 0.643. The zero-order valence-electron chi connectivity index (χ0n) is 11.3. The van der Waals surface area contributed by atoms with Crippen LogP contribution in [0.3, 0.4) is 0 Å². The van der Waals surface area contributed by atoms with Gasteiger partial charge >= 0.3 is 0 Å². The van der Waals surface area contributed by atoms with E-state index in [0.717, 1.165) is 32.7 Å². The van der Waals surface area contributed by atoms with Crippen LogP contribution in [0.25, 0.3) is 0 Å². The highest BCUT2D eigenvalue weighted by atomic mass is 16.5. The highest BCUT2D eigenvalue weighted by Crippen LogP contribution is 2.11. The first-order chi connectivity index (χ1) is 8.75. The predicted octanol–water partition coefficient (Wildman–Crippen LogP) is 1.28. The van der Waals surface area contributed by atoms with Gasteiger partial charge in [-0.3, -0.25) is 9.88 Å². The number of ether oxygens (including phenoxy) is 1. The quantitative estimate of drug-likeness (QED) is 0.853. The van der Waals surface area contributed by atoms with Gasteiger partial charge in [-0.25, -0.2) is 0 Å². The van der Waals surface area contributed by atoms with Crippen molar-refractivity contribution in [3.8, 4) is 0 Å². The lowest BCUT2D eigenvalue weighted by molar-refractivity contribution is 0.0638. The van der Waals surface area contributed by atoms with Crippen molar-refractivity contribution in [2.24, 2.45) is 0 Å². The van der Waals surface area contributed by atoms with E-state index < -0.39 is 0 Å². The summed E-state index contributed by atoms with van der Waals surface area (Å²) >= 11 is 0. The molecule has 18 heavy (non-hydrogen) atoms. The molecule has 0 amide bonds. The molecule has 1 aromatic heterocycles. The number of pyridine rings is 1. The number of morpholine rings is 1. The van der Waals surface area contributed by atoms with E-state index >= 15 is 0 Å². The summed E-state index contributed by atoms with van der Waals surface area (Å²) in [6.07, 6.45) is 4.83. The van der Waals surface area contributed by atoms with Gasteiger partial charge in [0, 0.05) is 37.6 Å². The molecule has 0 saturated carbocycles. The summed E-state index contributed by atoms with van der Waals surface area (Å²) in [7, 11) is 2.18. The van der Waals surface area contributed by atoms with E-state index in [0.29, 0.717) is 12.1 Å². The van der Waals surface area contributed by atoms with Crippen LogP contribution in [0.15, 0.2) is 24.5 Å². The molecule has 1 fully saturated rings. The second kappa shape index (κ2) is 6.83. The highest BCUT2D eigenvalue weighted by Gasteiger charge is 2.18. The van der Waals surface area contributed by atoms with Crippen LogP contribution in [0.1, 0.15) is 18.9 Å². The number of nitrogens with one attached hydrogen (secondary N) is 1. The van der Waals surface area contributed by atoms with Gasteiger partial charge in [0.2, 0.25) is 0 Å². The summed E-state index contributed by atoms with van der Waals surface area (Å²) in [5.41, 5.74) is 1.31. The molecule has 4 heteroatoms. The van der Waals surface area contributed by atoms with Crippen molar-refractivity contribution in [1.82, 2.24) is 15.2 Å². The predicted molar refractivity (Wildman–Crippen MR) is 72.4 cm³/mol. The fourth-order valence-electron chi connectivity index (χ4n) is 2.29. The Morgan fingerprint density at radius 2 is 2.28 bits per heavy atom. The van der Waals surface area contributed by atoms with Crippen molar-refractivity contribution in [2.45, 2.75) is 32.0 Å². The molecule has 100 valence electrons. The van der Waals surface area contributed by atoms with E-state index in [1.807, 2.05) is 12.4 Å². The number of nitrogens with zero attached hydrogens (tertiary/aromatic N) is 2. The maximum Gasteiger partial charge on any atom is 0.0620 e. The van der Waals surface area contributed by atoms with Crippen molar-refractivity contribution in [3.63, 3.8) is 0 Å². The summed E-state index contributed by atoms with van der Waals surface area (Å²) in [6.45, 7) is 5.91. The number of rotatable bonds is 5. The van der Waals surface area contributed by atoms with Gasteiger partial charge in [-0.15, -0.1) is 0 Å². The Hall–Kier alpha value is -0.970. The maximum absolute atomic E-state index is 5.49. The summed E-state index contributed by atoms with van der Waals surface area (Å²) in [4.78, 5) is 6.43. The lowest BCUT2D eigenvalue weighted by atomic mass is 10.1. The minimum atomic E-state index is 0.494. The molecule has 2 heterocycles. The molecule has 0 bridgehead atoms. The van der Waals surface area contributed by atoms with Crippen LogP contribution in [-0.2, 0) is 11.3 Å². The van der Waals surface area contributed by atoms with Crippen LogP contribution < -0.4 is 5.32 Å². The Labute approximate surface area is 109 Å². The SMILES string of the molecule is CC(CC1COCCN1)N(C)Cc1ccncc1. The van der Waals surface area contributed by atoms with Crippen molar-refractivity contribution in [2.75, 3.05) is 26.8 Å². The van der Waals surface area contributed by atoms with Crippen molar-refractivity contribution >= 4 is 0 Å². The van der Waals surface area contributed by atoms with Crippen LogP contribution in [0.4, 0.5) is 0 Å². The number of aromatic nitrogens is 1. The third-order valence-electron chi connectivity index (χ3n) is 3.56. The molecule has 1 N–H and O–H groups in total. The van der Waals surface area contributed by atoms with Crippen LogP contribution in [0.5, 0.6) is 0 Å². The van der Waals surface area contributed by atoms with Gasteiger partial charge in [0.25, 0.3) is 0 Å². The van der Waals surface area contributed by atoms with Gasteiger partial charge in [0.15, 0.2) is 0 Å². The van der Waals surface area contributed by atoms with Gasteiger partial charge in [0.1, 0.15) is 0 Å². The topological polar surface area (TPSA) is 37.4 Å². The van der Waals surface area contributed by atoms with Crippen molar-refractivity contribution in [3.05, 3.63) is 30.1 Å². The molecular formula is C14H23N3O. The van der Waals surface area contributed by atoms with E-state index in [9.17, 15) is 0 Å². The van der Waals surface area contributed by atoms with Gasteiger partial charge in [0.05, 0.1) is 13.2 Å². The standard InChI is InChI=1S/C14H23N3O/c1-12(9-14-11-18-8-7-16-14)17(2)10-13-3-5-15-6-4-13/h3-6,12,14,16H,7-11H2,1-2H3. The van der Waals surface area contributed by atoms with E-state index in [1.54, 1.807) is 0 Å². The molecule has 1 aliphatic heterocycles. The Morgan fingerprint density at radius 3 is 2.94 bits per heavy atom. The molecular weight excluding hydrogens is 226 g/mol. The fourth-order valence-corrected chi connectivity index (χ4v) is 2.29. The van der Waals surface area contributed by atoms with E-state index in [2.05, 4.69) is 41.3 Å². The number of hydrogen-bond acceptors (Lipinski definition) is 4. The maximum atomic E-state index is 5.49. The third kappa shape index (κ3) is 4.05. The molecule has 0 aliphatic carbocycles. The lowest BCUT2D eigenvalue weighted by Crippen LogP contribution is -2.45. The highest BCUT2D eigenvalue weighted by molar-refractivity contribution is 5.09. The first kappa shape index (κ1) is 13.5. The molecule has 1 aromatic rings. The van der Waals surface area contributed by atoms with Gasteiger partial charge in [-0.1, -0.05) is 0 Å². The molecule has 0 aromatic carbocycles. The number of hydrogen-bond donors (Lipinski definition) is 1. The Kier molecular flexibility index (Phi) is 5.11. The zero-order valence-corrected chi connectivity index (χ0v) is 11.3. The van der Waals surface area contributed by atoms with E-state index in [-0.39, 0.29) is 0 Å². The second-order valence-electron chi connectivity index (χ2n) is 5.08. The summed E-state index contributed by atoms with van der Waals surface area (Å²) in [6, 6.07) is 5.18. The molecule has 0 spiro atoms. The van der Waals surface area contributed by atoms with Crippen molar-refractivity contribution < 1.29 is 4.74 Å². The Bertz CT molecular complexity index is 338. The Balaban J connectivity index is 1.79. The normalized spacial score (nSPS) is 22.1. The van der Waals surface area contributed by atoms with Crippen LogP contribution in [0.2, 0.25) is 0 Å². The average molecular weight is 249 g/mol. The molecule has 2 atom stereocenters. The van der Waals surface area contributed by atoms with E-state index in [1.165, 1.54) is 5.56 Å². The van der Waals surface area contributed by atoms with Crippen LogP contribution in [-0.4, -0.2) is 48.8 Å². The minimum absolute atomic E-state index is 0.494. The Morgan fingerprint density at radius 1 is 1.50 bits per heavy atom. The second-order valence-corrected chi connectivity index (χ2v) is 5.08. The first-order valence-electron chi connectivity index (χ1n) is 6.66. The van der Waals surface area contributed by atoms with Gasteiger partial charge in [-0.2, -0.15) is 0 Å². The third-order valence-corrected chi connectivity index (χ3v) is 3.56. The van der Waals surface area contributed by atoms with Crippen molar-refractivity contribution in [1.29, 1.82) is 0 Å². The minimum Gasteiger partial charge on any atom is -0.379 e.